The summed E-state index contributed by atoms with van der Waals surface area (Å²) in [5.41, 5.74) is 6.14. The lowest BCUT2D eigenvalue weighted by molar-refractivity contribution is -0.127. The lowest BCUT2D eigenvalue weighted by Gasteiger charge is -2.21. The van der Waals surface area contributed by atoms with Crippen LogP contribution < -0.4 is 5.73 Å². The van der Waals surface area contributed by atoms with Crippen LogP contribution in [0.15, 0.2) is 18.5 Å². The fraction of sp³-hybridized carbons (Fsp3) is 0.636. The number of nitrogens with zero attached hydrogens (tertiary/aromatic N) is 4. The van der Waals surface area contributed by atoms with Crippen LogP contribution in [0, 0.1) is 17.2 Å². The van der Waals surface area contributed by atoms with Crippen LogP contribution in [0.4, 0.5) is 10.6 Å². The van der Waals surface area contributed by atoms with E-state index in [0.717, 1.165) is 18.5 Å². The minimum atomic E-state index is -1.50. The second-order valence-corrected chi connectivity index (χ2v) is 8.95. The summed E-state index contributed by atoms with van der Waals surface area (Å²) in [5.74, 6) is -0.708. The number of nitrogen functional groups attached to an aromatic ring is 1. The molecule has 1 unspecified atom stereocenters. The molecule has 33 heavy (non-hydrogen) atoms. The molecule has 2 aromatic heterocycles. The molecule has 1 aliphatic heterocycles. The van der Waals surface area contributed by atoms with Crippen LogP contribution in [0.25, 0.3) is 5.52 Å². The largest absolute Gasteiger partial charge is 0.508 e. The highest BCUT2D eigenvalue weighted by atomic mass is 16.7. The van der Waals surface area contributed by atoms with Gasteiger partial charge in [-0.3, -0.25) is 0 Å². The number of rotatable bonds is 5. The highest BCUT2D eigenvalue weighted by Crippen LogP contribution is 2.40. The van der Waals surface area contributed by atoms with Gasteiger partial charge in [0.15, 0.2) is 17.2 Å². The molecular formula is C22H31N5O6. The van der Waals surface area contributed by atoms with Gasteiger partial charge in [0, 0.05) is 0 Å². The Labute approximate surface area is 192 Å². The number of anilines is 1. The Kier molecular flexibility index (Phi) is 7.73. The highest BCUT2D eigenvalue weighted by Gasteiger charge is 2.43. The van der Waals surface area contributed by atoms with E-state index in [9.17, 15) is 10.1 Å². The third-order valence-electron chi connectivity index (χ3n) is 5.56. The SMILES string of the molecule is CC(C)(O)O.N#C[C@@]1(COC(=O)OCC2CCCC2)CCC(c2ccc3c(N)ncnn23)O1. The van der Waals surface area contributed by atoms with E-state index < -0.39 is 17.5 Å². The Morgan fingerprint density at radius 2 is 2.03 bits per heavy atom. The van der Waals surface area contributed by atoms with E-state index >= 15 is 0 Å². The molecule has 1 saturated carbocycles. The van der Waals surface area contributed by atoms with E-state index in [1.807, 2.05) is 12.1 Å². The number of nitrogens with two attached hydrogens (primary N) is 1. The first-order valence-electron chi connectivity index (χ1n) is 11.0. The lowest BCUT2D eigenvalue weighted by Crippen LogP contribution is -2.34. The zero-order valence-electron chi connectivity index (χ0n) is 18.9. The number of ether oxygens (including phenoxy) is 3. The maximum absolute atomic E-state index is 11.9. The predicted octanol–water partition coefficient (Wildman–Crippen LogP) is 2.48. The summed E-state index contributed by atoms with van der Waals surface area (Å²) < 4.78 is 18.0. The van der Waals surface area contributed by atoms with Gasteiger partial charge in [0.05, 0.1) is 12.3 Å². The van der Waals surface area contributed by atoms with Gasteiger partial charge in [-0.25, -0.2) is 14.3 Å². The van der Waals surface area contributed by atoms with E-state index in [0.29, 0.717) is 36.7 Å². The summed E-state index contributed by atoms with van der Waals surface area (Å²) in [6, 6.07) is 5.83. The molecule has 3 heterocycles. The summed E-state index contributed by atoms with van der Waals surface area (Å²) in [6.45, 7) is 2.81. The van der Waals surface area contributed by atoms with Crippen molar-refractivity contribution in [1.82, 2.24) is 14.6 Å². The van der Waals surface area contributed by atoms with Crippen molar-refractivity contribution in [3.05, 3.63) is 24.2 Å². The van der Waals surface area contributed by atoms with Gasteiger partial charge in [-0.15, -0.1) is 0 Å². The van der Waals surface area contributed by atoms with Gasteiger partial charge in [0.2, 0.25) is 0 Å². The topological polar surface area (TPSA) is 165 Å². The first-order valence-corrected chi connectivity index (χ1v) is 11.0. The Morgan fingerprint density at radius 3 is 2.70 bits per heavy atom. The maximum atomic E-state index is 11.9. The third-order valence-corrected chi connectivity index (χ3v) is 5.56. The highest BCUT2D eigenvalue weighted by molar-refractivity contribution is 5.65. The molecular weight excluding hydrogens is 430 g/mol. The number of carbonyl (C=O) groups excluding carboxylic acids is 1. The van der Waals surface area contributed by atoms with Crippen molar-refractivity contribution in [3.8, 4) is 6.07 Å². The number of fused-ring (bicyclic) bond motifs is 1. The van der Waals surface area contributed by atoms with E-state index in [1.165, 1.54) is 33.0 Å². The maximum Gasteiger partial charge on any atom is 0.508 e. The molecule has 1 aliphatic carbocycles. The van der Waals surface area contributed by atoms with Gasteiger partial charge in [0.25, 0.3) is 0 Å². The van der Waals surface area contributed by atoms with Crippen molar-refractivity contribution < 1.29 is 29.2 Å². The van der Waals surface area contributed by atoms with Gasteiger partial charge < -0.3 is 30.2 Å². The van der Waals surface area contributed by atoms with Crippen molar-refractivity contribution in [3.63, 3.8) is 0 Å². The Morgan fingerprint density at radius 1 is 1.33 bits per heavy atom. The predicted molar refractivity (Wildman–Crippen MR) is 117 cm³/mol. The fourth-order valence-corrected chi connectivity index (χ4v) is 3.98. The van der Waals surface area contributed by atoms with Crippen LogP contribution in [0.5, 0.6) is 0 Å². The molecule has 0 spiro atoms. The standard InChI is InChI=1S/C19H23N5O4.C3H8O2/c20-10-19(11-27-18(25)26-9-13-3-1-2-4-13)8-7-16(28-19)14-5-6-15-17(21)22-12-23-24(14)15;1-3(2,4)5/h5-6,12-13,16H,1-4,7-9,11H2,(H2,21,22,23);4-5H,1-2H3/t16?,19-;/m1./s1. The van der Waals surface area contributed by atoms with Gasteiger partial charge in [0.1, 0.15) is 30.6 Å². The first kappa shape index (κ1) is 24.7. The van der Waals surface area contributed by atoms with Crippen LogP contribution in [0.2, 0.25) is 0 Å². The zero-order valence-corrected chi connectivity index (χ0v) is 18.9. The van der Waals surface area contributed by atoms with Crippen LogP contribution in [-0.2, 0) is 14.2 Å². The summed E-state index contributed by atoms with van der Waals surface area (Å²) in [4.78, 5) is 15.9. The average molecular weight is 462 g/mol. The monoisotopic (exact) mass is 461 g/mol. The van der Waals surface area contributed by atoms with E-state index in [2.05, 4.69) is 16.2 Å². The molecule has 4 N–H and O–H groups in total. The number of carbonyl (C=O) groups is 1. The van der Waals surface area contributed by atoms with Crippen molar-refractivity contribution >= 4 is 17.5 Å². The molecule has 2 atom stereocenters. The van der Waals surface area contributed by atoms with E-state index in [4.69, 9.17) is 30.2 Å². The summed E-state index contributed by atoms with van der Waals surface area (Å²) in [6.07, 6.45) is 5.85. The van der Waals surface area contributed by atoms with Crippen molar-refractivity contribution in [2.45, 2.75) is 69.9 Å². The smallest absolute Gasteiger partial charge is 0.434 e. The number of hydrogen-bond donors (Lipinski definition) is 3. The molecule has 4 rings (SSSR count). The molecule has 2 fully saturated rings. The van der Waals surface area contributed by atoms with Gasteiger partial charge in [-0.2, -0.15) is 10.4 Å². The summed E-state index contributed by atoms with van der Waals surface area (Å²) >= 11 is 0. The summed E-state index contributed by atoms with van der Waals surface area (Å²) in [5, 5.41) is 30.0. The Hall–Kier alpha value is -2.94. The lowest BCUT2D eigenvalue weighted by atomic mass is 10.0. The van der Waals surface area contributed by atoms with Crippen LogP contribution in [-0.4, -0.2) is 55.6 Å². The first-order chi connectivity index (χ1) is 15.6. The quantitative estimate of drug-likeness (QED) is 0.445. The minimum absolute atomic E-state index is 0.163. The van der Waals surface area contributed by atoms with E-state index in [1.54, 1.807) is 4.52 Å². The number of nitriles is 1. The Balaban J connectivity index is 0.000000555. The normalized spacial score (nSPS) is 23.1. The molecule has 0 aromatic carbocycles. The molecule has 11 heteroatoms. The molecule has 0 amide bonds. The van der Waals surface area contributed by atoms with E-state index in [-0.39, 0.29) is 12.7 Å². The van der Waals surface area contributed by atoms with Gasteiger partial charge in [-0.1, -0.05) is 12.8 Å². The number of hydrogen-bond acceptors (Lipinski definition) is 10. The van der Waals surface area contributed by atoms with Crippen LogP contribution in [0.1, 0.15) is 64.2 Å². The molecule has 2 aliphatic rings. The molecule has 180 valence electrons. The zero-order chi connectivity index (χ0) is 24.1. The molecule has 0 radical (unpaired) electrons. The second kappa shape index (κ2) is 10.3. The number of aliphatic hydroxyl groups is 2. The fourth-order valence-electron chi connectivity index (χ4n) is 3.98. The average Bonchev–Trinajstić information content (AvgIpc) is 3.49. The van der Waals surface area contributed by atoms with Crippen molar-refractivity contribution in [1.29, 1.82) is 5.26 Å². The Bertz CT molecular complexity index is 985. The minimum Gasteiger partial charge on any atom is -0.434 e. The number of aromatic nitrogens is 3. The third kappa shape index (κ3) is 6.77. The van der Waals surface area contributed by atoms with Crippen LogP contribution in [0.3, 0.4) is 0 Å². The van der Waals surface area contributed by atoms with Gasteiger partial charge in [-0.05, 0) is 57.6 Å². The summed E-state index contributed by atoms with van der Waals surface area (Å²) in [7, 11) is 0. The van der Waals surface area contributed by atoms with Gasteiger partial charge >= 0.3 is 6.16 Å². The van der Waals surface area contributed by atoms with Crippen molar-refractivity contribution in [2.24, 2.45) is 5.92 Å². The molecule has 11 nitrogen and oxygen atoms in total. The molecule has 0 bridgehead atoms. The van der Waals surface area contributed by atoms with Crippen LogP contribution >= 0.6 is 0 Å². The second-order valence-electron chi connectivity index (χ2n) is 8.95. The molecule has 2 aromatic rings. The molecule has 1 saturated heterocycles. The van der Waals surface area contributed by atoms with Crippen molar-refractivity contribution in [2.75, 3.05) is 18.9 Å².